The van der Waals surface area contributed by atoms with Gasteiger partial charge in [0.25, 0.3) is 0 Å². The Labute approximate surface area is 188 Å². The number of halogens is 1. The van der Waals surface area contributed by atoms with E-state index in [-0.39, 0.29) is 11.9 Å². The van der Waals surface area contributed by atoms with E-state index in [1.165, 1.54) is 0 Å². The van der Waals surface area contributed by atoms with Gasteiger partial charge in [0, 0.05) is 42.8 Å². The van der Waals surface area contributed by atoms with Crippen LogP contribution < -0.4 is 9.47 Å². The molecule has 0 aliphatic carbocycles. The lowest BCUT2D eigenvalue weighted by Crippen LogP contribution is -2.39. The predicted molar refractivity (Wildman–Crippen MR) is 125 cm³/mol. The fraction of sp³-hybridized carbons (Fsp3) is 0.400. The summed E-state index contributed by atoms with van der Waals surface area (Å²) in [4.78, 5) is 14.5. The first-order chi connectivity index (χ1) is 15.0. The van der Waals surface area contributed by atoms with Crippen molar-refractivity contribution in [1.82, 2.24) is 9.47 Å². The van der Waals surface area contributed by atoms with E-state index in [0.29, 0.717) is 5.02 Å². The number of benzene rings is 2. The van der Waals surface area contributed by atoms with Gasteiger partial charge < -0.3 is 18.9 Å². The Balaban J connectivity index is 1.31. The summed E-state index contributed by atoms with van der Waals surface area (Å²) in [6.07, 6.45) is 5.23. The van der Waals surface area contributed by atoms with Gasteiger partial charge in [-0.3, -0.25) is 4.79 Å². The maximum absolute atomic E-state index is 12.1. The van der Waals surface area contributed by atoms with Crippen LogP contribution in [0.1, 0.15) is 36.5 Å². The summed E-state index contributed by atoms with van der Waals surface area (Å²) in [5.74, 6) is 1.68. The molecule has 164 valence electrons. The van der Waals surface area contributed by atoms with Gasteiger partial charge >= 0.3 is 0 Å². The molecule has 0 saturated carbocycles. The SMILES string of the molecule is COc1ccc2c(C(C)=O)cn(CCCN3CCC(Oc4ccccc4Cl)CC3)c2c1. The van der Waals surface area contributed by atoms with Crippen LogP contribution in [-0.4, -0.2) is 48.1 Å². The summed E-state index contributed by atoms with van der Waals surface area (Å²) in [6.45, 7) is 5.56. The van der Waals surface area contributed by atoms with Gasteiger partial charge in [-0.05, 0) is 57.0 Å². The number of likely N-dealkylation sites (tertiary alicyclic amines) is 1. The first-order valence-corrected chi connectivity index (χ1v) is 11.2. The molecule has 2 aromatic carbocycles. The number of hydrogen-bond donors (Lipinski definition) is 0. The number of carbonyl (C=O) groups is 1. The molecule has 1 saturated heterocycles. The van der Waals surface area contributed by atoms with E-state index in [1.54, 1.807) is 14.0 Å². The maximum atomic E-state index is 12.1. The highest BCUT2D eigenvalue weighted by Crippen LogP contribution is 2.28. The molecule has 0 atom stereocenters. The Hall–Kier alpha value is -2.50. The molecular weight excluding hydrogens is 412 g/mol. The second kappa shape index (κ2) is 9.75. The average Bonchev–Trinajstić information content (AvgIpc) is 3.14. The van der Waals surface area contributed by atoms with Crippen LogP contribution in [0.4, 0.5) is 0 Å². The molecule has 2 heterocycles. The van der Waals surface area contributed by atoms with Crippen LogP contribution in [0, 0.1) is 0 Å². The van der Waals surface area contributed by atoms with Gasteiger partial charge in [-0.25, -0.2) is 0 Å². The van der Waals surface area contributed by atoms with Gasteiger partial charge in [-0.15, -0.1) is 0 Å². The predicted octanol–water partition coefficient (Wildman–Crippen LogP) is 5.44. The first kappa shape index (κ1) is 21.7. The number of ketones is 1. The molecule has 1 aliphatic rings. The van der Waals surface area contributed by atoms with E-state index < -0.39 is 0 Å². The zero-order valence-corrected chi connectivity index (χ0v) is 18.9. The topological polar surface area (TPSA) is 43.7 Å². The van der Waals surface area contributed by atoms with E-state index in [1.807, 2.05) is 48.7 Å². The number of Topliss-reactive ketones (excluding diaryl/α,β-unsaturated/α-hetero) is 1. The summed E-state index contributed by atoms with van der Waals surface area (Å²) in [5.41, 5.74) is 1.83. The van der Waals surface area contributed by atoms with Crippen molar-refractivity contribution in [3.63, 3.8) is 0 Å². The summed E-state index contributed by atoms with van der Waals surface area (Å²) in [5, 5.41) is 1.66. The van der Waals surface area contributed by atoms with Crippen LogP contribution >= 0.6 is 11.6 Å². The second-order valence-electron chi connectivity index (χ2n) is 8.12. The van der Waals surface area contributed by atoms with Crippen molar-refractivity contribution in [2.75, 3.05) is 26.7 Å². The first-order valence-electron chi connectivity index (χ1n) is 10.9. The Morgan fingerprint density at radius 2 is 1.90 bits per heavy atom. The number of aromatic nitrogens is 1. The Bertz CT molecular complexity index is 1050. The van der Waals surface area contributed by atoms with Gasteiger partial charge in [-0.2, -0.15) is 0 Å². The quantitative estimate of drug-likeness (QED) is 0.437. The number of fused-ring (bicyclic) bond motifs is 1. The molecule has 0 radical (unpaired) electrons. The molecule has 6 heteroatoms. The zero-order chi connectivity index (χ0) is 21.8. The molecule has 1 fully saturated rings. The fourth-order valence-electron chi connectivity index (χ4n) is 4.30. The number of hydrogen-bond acceptors (Lipinski definition) is 4. The largest absolute Gasteiger partial charge is 0.497 e. The highest BCUT2D eigenvalue weighted by molar-refractivity contribution is 6.32. The minimum Gasteiger partial charge on any atom is -0.497 e. The van der Waals surface area contributed by atoms with Gasteiger partial charge in [0.1, 0.15) is 17.6 Å². The monoisotopic (exact) mass is 440 g/mol. The highest BCUT2D eigenvalue weighted by atomic mass is 35.5. The van der Waals surface area contributed by atoms with Crippen molar-refractivity contribution < 1.29 is 14.3 Å². The zero-order valence-electron chi connectivity index (χ0n) is 18.1. The van der Waals surface area contributed by atoms with Crippen LogP contribution in [0.2, 0.25) is 5.02 Å². The van der Waals surface area contributed by atoms with E-state index >= 15 is 0 Å². The van der Waals surface area contributed by atoms with Gasteiger partial charge in [0.2, 0.25) is 0 Å². The summed E-state index contributed by atoms with van der Waals surface area (Å²) >= 11 is 6.21. The van der Waals surface area contributed by atoms with Gasteiger partial charge in [0.05, 0.1) is 17.6 Å². The third kappa shape index (κ3) is 5.05. The lowest BCUT2D eigenvalue weighted by molar-refractivity contribution is 0.0994. The smallest absolute Gasteiger partial charge is 0.161 e. The number of rotatable bonds is 8. The third-order valence-corrected chi connectivity index (χ3v) is 6.32. The van der Waals surface area contributed by atoms with Crippen LogP contribution in [0.3, 0.4) is 0 Å². The van der Waals surface area contributed by atoms with Crippen molar-refractivity contribution >= 4 is 28.3 Å². The molecule has 0 amide bonds. The second-order valence-corrected chi connectivity index (χ2v) is 8.53. The highest BCUT2D eigenvalue weighted by Gasteiger charge is 2.21. The number of methoxy groups -OCH3 is 1. The van der Waals surface area contributed by atoms with E-state index in [9.17, 15) is 4.79 Å². The van der Waals surface area contributed by atoms with Crippen LogP contribution in [0.5, 0.6) is 11.5 Å². The van der Waals surface area contributed by atoms with Gasteiger partial charge in [-0.1, -0.05) is 23.7 Å². The summed E-state index contributed by atoms with van der Waals surface area (Å²) in [7, 11) is 1.67. The number of aryl methyl sites for hydroxylation is 1. The Kier molecular flexibility index (Phi) is 6.83. The molecular formula is C25H29ClN2O3. The van der Waals surface area contributed by atoms with E-state index in [0.717, 1.165) is 73.4 Å². The minimum atomic E-state index is 0.0921. The molecule has 0 bridgehead atoms. The van der Waals surface area contributed by atoms with Crippen LogP contribution in [0.15, 0.2) is 48.7 Å². The minimum absolute atomic E-state index is 0.0921. The Morgan fingerprint density at radius 1 is 1.13 bits per heavy atom. The molecule has 4 rings (SSSR count). The number of nitrogens with zero attached hydrogens (tertiary/aromatic N) is 2. The van der Waals surface area contributed by atoms with Crippen LogP contribution in [-0.2, 0) is 6.54 Å². The lowest BCUT2D eigenvalue weighted by Gasteiger charge is -2.32. The molecule has 0 N–H and O–H groups in total. The van der Waals surface area contributed by atoms with E-state index in [4.69, 9.17) is 21.1 Å². The van der Waals surface area contributed by atoms with Crippen molar-refractivity contribution in [3.05, 3.63) is 59.2 Å². The van der Waals surface area contributed by atoms with Crippen LogP contribution in [0.25, 0.3) is 10.9 Å². The molecule has 1 aromatic heterocycles. The Morgan fingerprint density at radius 3 is 2.61 bits per heavy atom. The standard InChI is InChI=1S/C25H29ClN2O3/c1-18(29)22-17-28(24-16-20(30-2)8-9-21(22)24)13-5-12-27-14-10-19(11-15-27)31-25-7-4-3-6-23(25)26/h3-4,6-9,16-17,19H,5,10-15H2,1-2H3. The number of para-hydroxylation sites is 1. The molecule has 5 nitrogen and oxygen atoms in total. The number of piperidine rings is 1. The van der Waals surface area contributed by atoms with Gasteiger partial charge in [0.15, 0.2) is 5.78 Å². The lowest BCUT2D eigenvalue weighted by atomic mass is 10.1. The van der Waals surface area contributed by atoms with Crippen molar-refractivity contribution in [1.29, 1.82) is 0 Å². The van der Waals surface area contributed by atoms with Crippen molar-refractivity contribution in [2.24, 2.45) is 0 Å². The van der Waals surface area contributed by atoms with E-state index in [2.05, 4.69) is 9.47 Å². The maximum Gasteiger partial charge on any atom is 0.161 e. The molecule has 3 aromatic rings. The number of carbonyl (C=O) groups excluding carboxylic acids is 1. The molecule has 0 spiro atoms. The van der Waals surface area contributed by atoms with Crippen molar-refractivity contribution in [3.8, 4) is 11.5 Å². The fourth-order valence-corrected chi connectivity index (χ4v) is 4.48. The number of ether oxygens (including phenoxy) is 2. The summed E-state index contributed by atoms with van der Waals surface area (Å²) in [6, 6.07) is 13.6. The third-order valence-electron chi connectivity index (χ3n) is 6.01. The molecule has 1 aliphatic heterocycles. The molecule has 31 heavy (non-hydrogen) atoms. The average molecular weight is 441 g/mol. The van der Waals surface area contributed by atoms with Crippen molar-refractivity contribution in [2.45, 2.75) is 38.8 Å². The molecule has 0 unspecified atom stereocenters. The summed E-state index contributed by atoms with van der Waals surface area (Å²) < 4.78 is 13.7. The normalized spacial score (nSPS) is 15.3.